The molecule has 0 spiro atoms. The predicted octanol–water partition coefficient (Wildman–Crippen LogP) is 3.78. The van der Waals surface area contributed by atoms with E-state index in [1.807, 2.05) is 30.5 Å². The maximum atomic E-state index is 12.8. The van der Waals surface area contributed by atoms with E-state index in [-0.39, 0.29) is 22.9 Å². The Hall–Kier alpha value is -3.79. The normalized spacial score (nSPS) is 12.4. The van der Waals surface area contributed by atoms with Gasteiger partial charge in [0.15, 0.2) is 12.4 Å². The number of nitro groups is 1. The van der Waals surface area contributed by atoms with Gasteiger partial charge < -0.3 is 14.4 Å². The molecule has 0 atom stereocenters. The van der Waals surface area contributed by atoms with Crippen LogP contribution in [0.4, 0.5) is 11.4 Å². The number of benzene rings is 2. The zero-order valence-electron chi connectivity index (χ0n) is 17.4. The first kappa shape index (κ1) is 21.4. The Kier molecular flexibility index (Phi) is 5.87. The highest BCUT2D eigenvalue weighted by molar-refractivity contribution is 7.09. The molecule has 9 nitrogen and oxygen atoms in total. The van der Waals surface area contributed by atoms with Crippen molar-refractivity contribution < 1.29 is 24.0 Å². The zero-order chi connectivity index (χ0) is 22.8. The topological polar surface area (TPSA) is 112 Å². The van der Waals surface area contributed by atoms with Crippen LogP contribution >= 0.6 is 11.3 Å². The van der Waals surface area contributed by atoms with Crippen LogP contribution in [0.2, 0.25) is 0 Å². The second-order valence-corrected chi connectivity index (χ2v) is 8.17. The summed E-state index contributed by atoms with van der Waals surface area (Å²) in [5.74, 6) is -1.16. The minimum Gasteiger partial charge on any atom is -0.477 e. The number of rotatable bonds is 6. The van der Waals surface area contributed by atoms with Crippen LogP contribution in [0.3, 0.4) is 0 Å². The van der Waals surface area contributed by atoms with Gasteiger partial charge in [0.2, 0.25) is 0 Å². The summed E-state index contributed by atoms with van der Waals surface area (Å²) in [6.45, 7) is 2.03. The number of anilines is 1. The van der Waals surface area contributed by atoms with Crippen LogP contribution < -0.4 is 9.64 Å². The van der Waals surface area contributed by atoms with Crippen molar-refractivity contribution in [3.63, 3.8) is 0 Å². The van der Waals surface area contributed by atoms with Crippen LogP contribution in [-0.2, 0) is 16.0 Å². The number of thiazole rings is 1. The molecule has 0 unspecified atom stereocenters. The number of methoxy groups -OCH3 is 1. The molecule has 4 rings (SSSR count). The Bertz CT molecular complexity index is 1220. The van der Waals surface area contributed by atoms with Gasteiger partial charge >= 0.3 is 11.7 Å². The van der Waals surface area contributed by atoms with Gasteiger partial charge in [0.1, 0.15) is 0 Å². The molecule has 32 heavy (non-hydrogen) atoms. The molecule has 0 saturated carbocycles. The number of ether oxygens (including phenoxy) is 2. The lowest BCUT2D eigenvalue weighted by molar-refractivity contribution is -0.385. The van der Waals surface area contributed by atoms with Crippen LogP contribution in [0.5, 0.6) is 5.75 Å². The minimum atomic E-state index is -0.657. The average molecular weight is 453 g/mol. The van der Waals surface area contributed by atoms with Crippen molar-refractivity contribution in [3.8, 4) is 17.0 Å². The molecule has 0 saturated heterocycles. The summed E-state index contributed by atoms with van der Waals surface area (Å²) in [5, 5.41) is 14.3. The average Bonchev–Trinajstić information content (AvgIpc) is 3.42. The van der Waals surface area contributed by atoms with Gasteiger partial charge in [-0.25, -0.2) is 9.78 Å². The first-order valence-electron chi connectivity index (χ1n) is 9.72. The summed E-state index contributed by atoms with van der Waals surface area (Å²) in [4.78, 5) is 41.3. The number of carbonyl (C=O) groups excluding carboxylic acids is 2. The van der Waals surface area contributed by atoms with Crippen LogP contribution in [-0.4, -0.2) is 42.0 Å². The SMILES string of the molecule is COC(=O)c1ccc([N+](=O)[O-])c(OCC(=O)N2CCc3cc(-c4csc(C)n4)ccc32)c1. The number of nitro benzene ring substituents is 1. The number of carbonyl (C=O) groups is 2. The molecule has 2 heterocycles. The largest absolute Gasteiger partial charge is 0.477 e. The van der Waals surface area contributed by atoms with Crippen LogP contribution in [0.15, 0.2) is 41.8 Å². The van der Waals surface area contributed by atoms with E-state index in [0.717, 1.165) is 33.6 Å². The number of aromatic nitrogens is 1. The zero-order valence-corrected chi connectivity index (χ0v) is 18.2. The highest BCUT2D eigenvalue weighted by Gasteiger charge is 2.27. The minimum absolute atomic E-state index is 0.0943. The Balaban J connectivity index is 1.50. The Morgan fingerprint density at radius 2 is 2.06 bits per heavy atom. The summed E-state index contributed by atoms with van der Waals surface area (Å²) in [7, 11) is 1.21. The summed E-state index contributed by atoms with van der Waals surface area (Å²) < 4.78 is 10.1. The molecule has 164 valence electrons. The third-order valence-electron chi connectivity index (χ3n) is 5.12. The van der Waals surface area contributed by atoms with Crippen molar-refractivity contribution in [1.29, 1.82) is 0 Å². The van der Waals surface area contributed by atoms with E-state index in [2.05, 4.69) is 9.72 Å². The third-order valence-corrected chi connectivity index (χ3v) is 5.89. The maximum Gasteiger partial charge on any atom is 0.337 e. The molecule has 0 radical (unpaired) electrons. The van der Waals surface area contributed by atoms with Crippen molar-refractivity contribution >= 4 is 34.6 Å². The van der Waals surface area contributed by atoms with Gasteiger partial charge in [-0.2, -0.15) is 0 Å². The van der Waals surface area contributed by atoms with E-state index in [9.17, 15) is 19.7 Å². The fourth-order valence-electron chi connectivity index (χ4n) is 3.56. The molecule has 1 aromatic heterocycles. The fourth-order valence-corrected chi connectivity index (χ4v) is 4.18. The van der Waals surface area contributed by atoms with Gasteiger partial charge in [-0.1, -0.05) is 6.07 Å². The Morgan fingerprint density at radius 1 is 1.25 bits per heavy atom. The molecule has 0 bridgehead atoms. The molecule has 1 aliphatic heterocycles. The highest BCUT2D eigenvalue weighted by atomic mass is 32.1. The molecule has 0 N–H and O–H groups in total. The van der Waals surface area contributed by atoms with Gasteiger partial charge in [-0.05, 0) is 37.1 Å². The second-order valence-electron chi connectivity index (χ2n) is 7.11. The number of amides is 1. The summed E-state index contributed by atoms with van der Waals surface area (Å²) in [6.07, 6.45) is 0.690. The number of hydrogen-bond donors (Lipinski definition) is 0. The van der Waals surface area contributed by atoms with Crippen molar-refractivity contribution in [2.45, 2.75) is 13.3 Å². The monoisotopic (exact) mass is 453 g/mol. The lowest BCUT2D eigenvalue weighted by Crippen LogP contribution is -2.33. The number of aryl methyl sites for hydroxylation is 1. The molecule has 0 aliphatic carbocycles. The molecule has 1 aliphatic rings. The molecule has 3 aromatic rings. The number of esters is 1. The lowest BCUT2D eigenvalue weighted by Gasteiger charge is -2.18. The molecular formula is C22H19N3O6S. The Labute approximate surface area is 187 Å². The predicted molar refractivity (Wildman–Crippen MR) is 118 cm³/mol. The summed E-state index contributed by atoms with van der Waals surface area (Å²) in [6, 6.07) is 9.46. The number of hydrogen-bond acceptors (Lipinski definition) is 8. The quantitative estimate of drug-likeness (QED) is 0.317. The van der Waals surface area contributed by atoms with Crippen molar-refractivity contribution in [2.75, 3.05) is 25.2 Å². The first-order chi connectivity index (χ1) is 15.4. The smallest absolute Gasteiger partial charge is 0.337 e. The maximum absolute atomic E-state index is 12.8. The van der Waals surface area contributed by atoms with E-state index in [1.54, 1.807) is 16.2 Å². The molecule has 10 heteroatoms. The van der Waals surface area contributed by atoms with Crippen LogP contribution in [0.25, 0.3) is 11.3 Å². The number of nitrogens with zero attached hydrogens (tertiary/aromatic N) is 3. The van der Waals surface area contributed by atoms with Gasteiger partial charge in [-0.3, -0.25) is 14.9 Å². The highest BCUT2D eigenvalue weighted by Crippen LogP contribution is 2.33. The van der Waals surface area contributed by atoms with Gasteiger partial charge in [0.25, 0.3) is 5.91 Å². The van der Waals surface area contributed by atoms with E-state index < -0.39 is 17.5 Å². The molecule has 0 fully saturated rings. The van der Waals surface area contributed by atoms with Crippen molar-refractivity contribution in [2.24, 2.45) is 0 Å². The third kappa shape index (κ3) is 4.17. The first-order valence-corrected chi connectivity index (χ1v) is 10.6. The van der Waals surface area contributed by atoms with E-state index >= 15 is 0 Å². The lowest BCUT2D eigenvalue weighted by atomic mass is 10.1. The van der Waals surface area contributed by atoms with Crippen LogP contribution in [0, 0.1) is 17.0 Å². The summed E-state index contributed by atoms with van der Waals surface area (Å²) >= 11 is 1.58. The van der Waals surface area contributed by atoms with E-state index in [1.165, 1.54) is 19.2 Å². The van der Waals surface area contributed by atoms with Crippen molar-refractivity contribution in [1.82, 2.24) is 4.98 Å². The summed E-state index contributed by atoms with van der Waals surface area (Å²) in [5.41, 5.74) is 3.47. The van der Waals surface area contributed by atoms with E-state index in [0.29, 0.717) is 13.0 Å². The van der Waals surface area contributed by atoms with Gasteiger partial charge in [0.05, 0.1) is 28.3 Å². The molecule has 1 amide bonds. The molecular weight excluding hydrogens is 434 g/mol. The van der Waals surface area contributed by atoms with Gasteiger partial charge in [0, 0.05) is 35.3 Å². The number of fused-ring (bicyclic) bond motifs is 1. The van der Waals surface area contributed by atoms with Crippen LogP contribution in [0.1, 0.15) is 20.9 Å². The Morgan fingerprint density at radius 3 is 2.75 bits per heavy atom. The van der Waals surface area contributed by atoms with E-state index in [4.69, 9.17) is 4.74 Å². The van der Waals surface area contributed by atoms with Gasteiger partial charge in [-0.15, -0.1) is 11.3 Å². The molecule has 2 aromatic carbocycles. The standard InChI is InChI=1S/C22H19N3O6S/c1-13-23-17(12-32-13)14-3-5-18-15(9-14)7-8-24(18)21(26)11-31-20-10-16(22(27)30-2)4-6-19(20)25(28)29/h3-6,9-10,12H,7-8,11H2,1-2H3. The van der Waals surface area contributed by atoms with Crippen molar-refractivity contribution in [3.05, 3.63) is 68.0 Å². The fraction of sp³-hybridized carbons (Fsp3) is 0.227. The second kappa shape index (κ2) is 8.75.